The first-order valence-electron chi connectivity index (χ1n) is 8.25. The van der Waals surface area contributed by atoms with E-state index in [1.54, 1.807) is 20.8 Å². The maximum atomic E-state index is 12.6. The van der Waals surface area contributed by atoms with Crippen molar-refractivity contribution in [2.24, 2.45) is 0 Å². The number of hydrogen-bond donors (Lipinski definition) is 2. The van der Waals surface area contributed by atoms with Crippen LogP contribution in [0.1, 0.15) is 46.2 Å². The third-order valence-electron chi connectivity index (χ3n) is 3.54. The molecule has 2 N–H and O–H groups in total. The van der Waals surface area contributed by atoms with Crippen molar-refractivity contribution in [1.29, 1.82) is 0 Å². The van der Waals surface area contributed by atoms with Gasteiger partial charge in [-0.3, -0.25) is 0 Å². The molecule has 0 fully saturated rings. The molecule has 1 atom stereocenters. The number of hydrogen-bond acceptors (Lipinski definition) is 4. The SMILES string of the molecule is CC1=C(C(=O)OC(C)C)C(c2cc(Br)c(OC(C)C)c(Br)c2)NC(=O)N1. The number of allylic oxidation sites excluding steroid dienone is 1. The highest BCUT2D eigenvalue weighted by molar-refractivity contribution is 9.11. The molecule has 2 amide bonds. The van der Waals surface area contributed by atoms with Crippen LogP contribution in [-0.4, -0.2) is 24.2 Å². The van der Waals surface area contributed by atoms with Gasteiger partial charge >= 0.3 is 12.0 Å². The predicted molar refractivity (Wildman–Crippen MR) is 106 cm³/mol. The Kier molecular flexibility index (Phi) is 6.74. The van der Waals surface area contributed by atoms with Gasteiger partial charge in [-0.05, 0) is 84.2 Å². The van der Waals surface area contributed by atoms with Crippen molar-refractivity contribution in [3.05, 3.63) is 37.9 Å². The average Bonchev–Trinajstić information content (AvgIpc) is 2.48. The van der Waals surface area contributed by atoms with Gasteiger partial charge in [-0.1, -0.05) is 0 Å². The average molecular weight is 490 g/mol. The Morgan fingerprint density at radius 2 is 1.69 bits per heavy atom. The van der Waals surface area contributed by atoms with Crippen LogP contribution in [0.4, 0.5) is 4.79 Å². The van der Waals surface area contributed by atoms with Crippen LogP contribution in [0.5, 0.6) is 5.75 Å². The first kappa shape index (κ1) is 20.8. The standard InChI is InChI=1S/C18H22Br2N2O4/c1-8(2)25-16-12(19)6-11(7-13(16)20)15-14(17(23)26-9(3)4)10(5)21-18(24)22-15/h6-9,15H,1-5H3,(H2,21,22,24). The van der Waals surface area contributed by atoms with E-state index in [9.17, 15) is 9.59 Å². The molecule has 1 aromatic rings. The second-order valence-corrected chi connectivity index (χ2v) is 8.21. The lowest BCUT2D eigenvalue weighted by Gasteiger charge is -2.29. The summed E-state index contributed by atoms with van der Waals surface area (Å²) in [6.45, 7) is 9.12. The number of benzene rings is 1. The maximum absolute atomic E-state index is 12.6. The number of nitrogens with one attached hydrogen (secondary N) is 2. The number of rotatable bonds is 5. The van der Waals surface area contributed by atoms with Crippen LogP contribution in [-0.2, 0) is 9.53 Å². The van der Waals surface area contributed by atoms with E-state index in [-0.39, 0.29) is 18.2 Å². The van der Waals surface area contributed by atoms with Crippen molar-refractivity contribution >= 4 is 43.9 Å². The van der Waals surface area contributed by atoms with Crippen LogP contribution in [0.25, 0.3) is 0 Å². The van der Waals surface area contributed by atoms with Crippen molar-refractivity contribution in [3.63, 3.8) is 0 Å². The third-order valence-corrected chi connectivity index (χ3v) is 4.72. The zero-order valence-electron chi connectivity index (χ0n) is 15.3. The number of halogens is 2. The summed E-state index contributed by atoms with van der Waals surface area (Å²) in [5, 5.41) is 5.42. The fraction of sp³-hybridized carbons (Fsp3) is 0.444. The van der Waals surface area contributed by atoms with Crippen molar-refractivity contribution < 1.29 is 19.1 Å². The number of carbonyl (C=O) groups excluding carboxylic acids is 2. The molecule has 0 spiro atoms. The molecule has 142 valence electrons. The van der Waals surface area contributed by atoms with Crippen LogP contribution in [0.2, 0.25) is 0 Å². The zero-order chi connectivity index (χ0) is 19.6. The number of amides is 2. The molecule has 1 aliphatic heterocycles. The first-order chi connectivity index (χ1) is 12.1. The molecule has 1 heterocycles. The van der Waals surface area contributed by atoms with E-state index in [4.69, 9.17) is 9.47 Å². The Labute approximate surface area is 170 Å². The van der Waals surface area contributed by atoms with E-state index in [2.05, 4.69) is 42.5 Å². The number of ether oxygens (including phenoxy) is 2. The topological polar surface area (TPSA) is 76.7 Å². The molecule has 0 saturated carbocycles. The van der Waals surface area contributed by atoms with E-state index < -0.39 is 12.0 Å². The molecule has 1 aromatic carbocycles. The van der Waals surface area contributed by atoms with E-state index in [1.165, 1.54) is 0 Å². The number of urea groups is 1. The Bertz CT molecular complexity index is 737. The molecule has 0 bridgehead atoms. The van der Waals surface area contributed by atoms with Crippen molar-refractivity contribution in [2.75, 3.05) is 0 Å². The minimum atomic E-state index is -0.629. The summed E-state index contributed by atoms with van der Waals surface area (Å²) in [7, 11) is 0. The van der Waals surface area contributed by atoms with E-state index in [0.29, 0.717) is 17.0 Å². The molecule has 8 heteroatoms. The van der Waals surface area contributed by atoms with Gasteiger partial charge in [-0.25, -0.2) is 9.59 Å². The molecule has 1 aliphatic rings. The van der Waals surface area contributed by atoms with Crippen molar-refractivity contribution in [1.82, 2.24) is 10.6 Å². The lowest BCUT2D eigenvalue weighted by atomic mass is 9.95. The van der Waals surface area contributed by atoms with Gasteiger partial charge < -0.3 is 20.1 Å². The molecular weight excluding hydrogens is 468 g/mol. The van der Waals surface area contributed by atoms with Gasteiger partial charge in [0.15, 0.2) is 0 Å². The maximum Gasteiger partial charge on any atom is 0.338 e. The second-order valence-electron chi connectivity index (χ2n) is 6.50. The lowest BCUT2D eigenvalue weighted by molar-refractivity contribution is -0.143. The fourth-order valence-corrected chi connectivity index (χ4v) is 4.00. The van der Waals surface area contributed by atoms with Gasteiger partial charge in [0.25, 0.3) is 0 Å². The van der Waals surface area contributed by atoms with Gasteiger partial charge in [-0.2, -0.15) is 0 Å². The highest BCUT2D eigenvalue weighted by Crippen LogP contribution is 2.39. The minimum absolute atomic E-state index is 0.00533. The monoisotopic (exact) mass is 488 g/mol. The highest BCUT2D eigenvalue weighted by Gasteiger charge is 2.33. The Balaban J connectivity index is 2.48. The first-order valence-corrected chi connectivity index (χ1v) is 9.83. The molecule has 6 nitrogen and oxygen atoms in total. The normalized spacial score (nSPS) is 17.3. The van der Waals surface area contributed by atoms with Crippen LogP contribution in [0.3, 0.4) is 0 Å². The predicted octanol–water partition coefficient (Wildman–Crippen LogP) is 4.58. The van der Waals surface area contributed by atoms with E-state index in [1.807, 2.05) is 26.0 Å². The Hall–Kier alpha value is -1.54. The zero-order valence-corrected chi connectivity index (χ0v) is 18.4. The summed E-state index contributed by atoms with van der Waals surface area (Å²) in [6, 6.07) is 2.66. The van der Waals surface area contributed by atoms with E-state index >= 15 is 0 Å². The minimum Gasteiger partial charge on any atom is -0.489 e. The molecule has 2 rings (SSSR count). The van der Waals surface area contributed by atoms with Crippen LogP contribution < -0.4 is 15.4 Å². The molecular formula is C18H22Br2N2O4. The summed E-state index contributed by atoms with van der Waals surface area (Å²) >= 11 is 7.01. The lowest BCUT2D eigenvalue weighted by Crippen LogP contribution is -2.45. The second kappa shape index (κ2) is 8.43. The van der Waals surface area contributed by atoms with Gasteiger partial charge in [-0.15, -0.1) is 0 Å². The molecule has 0 saturated heterocycles. The molecule has 26 heavy (non-hydrogen) atoms. The Morgan fingerprint density at radius 3 is 2.19 bits per heavy atom. The van der Waals surface area contributed by atoms with Crippen LogP contribution in [0, 0.1) is 0 Å². The van der Waals surface area contributed by atoms with E-state index in [0.717, 1.165) is 14.5 Å². The van der Waals surface area contributed by atoms with Gasteiger partial charge in [0.1, 0.15) is 5.75 Å². The van der Waals surface area contributed by atoms with Crippen molar-refractivity contribution in [3.8, 4) is 5.75 Å². The fourth-order valence-electron chi connectivity index (χ4n) is 2.59. The molecule has 0 aliphatic carbocycles. The van der Waals surface area contributed by atoms with Crippen molar-refractivity contribution in [2.45, 2.75) is 52.9 Å². The molecule has 0 radical (unpaired) electrons. The van der Waals surface area contributed by atoms with Gasteiger partial charge in [0.2, 0.25) is 0 Å². The number of esters is 1. The summed E-state index contributed by atoms with van der Waals surface area (Å²) < 4.78 is 12.6. The Morgan fingerprint density at radius 1 is 1.12 bits per heavy atom. The van der Waals surface area contributed by atoms with Gasteiger partial charge in [0.05, 0.1) is 32.8 Å². The molecule has 1 unspecified atom stereocenters. The molecule has 0 aromatic heterocycles. The van der Waals surface area contributed by atoms with Gasteiger partial charge in [0, 0.05) is 5.70 Å². The smallest absolute Gasteiger partial charge is 0.338 e. The van der Waals surface area contributed by atoms with Crippen LogP contribution in [0.15, 0.2) is 32.3 Å². The summed E-state index contributed by atoms with van der Waals surface area (Å²) in [5.41, 5.74) is 1.57. The highest BCUT2D eigenvalue weighted by atomic mass is 79.9. The summed E-state index contributed by atoms with van der Waals surface area (Å²) in [6.07, 6.45) is -0.257. The van der Waals surface area contributed by atoms with Crippen LogP contribution >= 0.6 is 31.9 Å². The third kappa shape index (κ3) is 4.79. The quantitative estimate of drug-likeness (QED) is 0.593. The number of carbonyl (C=O) groups is 2. The largest absolute Gasteiger partial charge is 0.489 e. The summed E-state index contributed by atoms with van der Waals surface area (Å²) in [5.74, 6) is 0.195. The summed E-state index contributed by atoms with van der Waals surface area (Å²) in [4.78, 5) is 24.5.